The molecule has 4 nitrogen and oxygen atoms in total. The van der Waals surface area contributed by atoms with E-state index in [-0.39, 0.29) is 17.9 Å². The van der Waals surface area contributed by atoms with Crippen LogP contribution in [0.15, 0.2) is 35.5 Å². The lowest BCUT2D eigenvalue weighted by molar-refractivity contribution is -0.113. The number of allylic oxidation sites excluding steroid dienone is 1. The minimum absolute atomic E-state index is 0.0360. The molecule has 94 valence electrons. The topological polar surface area (TPSA) is 58.2 Å². The zero-order valence-electron chi connectivity index (χ0n) is 10.7. The van der Waals surface area contributed by atoms with Gasteiger partial charge in [0.05, 0.1) is 11.7 Å². The first-order chi connectivity index (χ1) is 8.49. The predicted octanol–water partition coefficient (Wildman–Crippen LogP) is 2.21. The average Bonchev–Trinajstić information content (AvgIpc) is 2.71. The van der Waals surface area contributed by atoms with Crippen LogP contribution in [0.5, 0.6) is 0 Å². The second-order valence-electron chi connectivity index (χ2n) is 4.54. The lowest BCUT2D eigenvalue weighted by atomic mass is 9.99. The molecule has 2 N–H and O–H groups in total. The highest BCUT2D eigenvalue weighted by molar-refractivity contribution is 5.95. The Morgan fingerprint density at radius 1 is 1.17 bits per heavy atom. The molecule has 18 heavy (non-hydrogen) atoms. The first-order valence-corrected chi connectivity index (χ1v) is 5.85. The first-order valence-electron chi connectivity index (χ1n) is 5.85. The average molecular weight is 244 g/mol. The van der Waals surface area contributed by atoms with Crippen LogP contribution in [0.1, 0.15) is 31.0 Å². The van der Waals surface area contributed by atoms with Crippen molar-refractivity contribution >= 4 is 11.8 Å². The highest BCUT2D eigenvalue weighted by atomic mass is 16.2. The summed E-state index contributed by atoms with van der Waals surface area (Å²) in [5.74, 6) is -0.0360. The second kappa shape index (κ2) is 4.64. The van der Waals surface area contributed by atoms with Crippen molar-refractivity contribution in [2.24, 2.45) is 0 Å². The highest BCUT2D eigenvalue weighted by Crippen LogP contribution is 2.26. The van der Waals surface area contributed by atoms with Gasteiger partial charge in [0, 0.05) is 5.57 Å². The van der Waals surface area contributed by atoms with Crippen LogP contribution in [0.2, 0.25) is 0 Å². The zero-order chi connectivity index (χ0) is 13.3. The summed E-state index contributed by atoms with van der Waals surface area (Å²) in [6.07, 6.45) is 0. The number of hydrogen-bond donors (Lipinski definition) is 2. The highest BCUT2D eigenvalue weighted by Gasteiger charge is 2.29. The molecule has 2 rings (SSSR count). The molecule has 0 bridgehead atoms. The van der Waals surface area contributed by atoms with Gasteiger partial charge in [-0.15, -0.1) is 0 Å². The number of hydrogen-bond acceptors (Lipinski definition) is 2. The Bertz CT molecular complexity index is 529. The van der Waals surface area contributed by atoms with Gasteiger partial charge in [0.25, 0.3) is 0 Å². The largest absolute Gasteiger partial charge is 0.325 e. The van der Waals surface area contributed by atoms with Crippen LogP contribution >= 0.6 is 0 Å². The van der Waals surface area contributed by atoms with Crippen molar-refractivity contribution in [1.82, 2.24) is 10.6 Å². The minimum atomic E-state index is -0.267. The summed E-state index contributed by atoms with van der Waals surface area (Å²) < 4.78 is 0. The maximum atomic E-state index is 11.5. The number of benzene rings is 1. The van der Waals surface area contributed by atoms with Crippen LogP contribution in [-0.4, -0.2) is 11.8 Å². The fraction of sp³-hybridized carbons (Fsp3) is 0.286. The molecule has 1 atom stereocenters. The Morgan fingerprint density at radius 2 is 1.78 bits per heavy atom. The molecule has 2 amide bonds. The maximum Gasteiger partial charge on any atom is 0.319 e. The number of carbonyl (C=O) groups is 2. The molecule has 0 aromatic heterocycles. The summed E-state index contributed by atoms with van der Waals surface area (Å²) >= 11 is 0. The molecule has 0 aliphatic carbocycles. The molecule has 4 heteroatoms. The van der Waals surface area contributed by atoms with Crippen molar-refractivity contribution in [1.29, 1.82) is 0 Å². The van der Waals surface area contributed by atoms with E-state index in [1.54, 1.807) is 6.92 Å². The second-order valence-corrected chi connectivity index (χ2v) is 4.54. The summed E-state index contributed by atoms with van der Waals surface area (Å²) in [5, 5.41) is 5.52. The van der Waals surface area contributed by atoms with Gasteiger partial charge < -0.3 is 10.6 Å². The van der Waals surface area contributed by atoms with E-state index in [2.05, 4.69) is 10.6 Å². The van der Waals surface area contributed by atoms with E-state index in [0.717, 1.165) is 11.1 Å². The Balaban J connectivity index is 2.42. The van der Waals surface area contributed by atoms with Crippen molar-refractivity contribution in [2.45, 2.75) is 26.8 Å². The normalized spacial score (nSPS) is 21.3. The SMILES string of the molecule is CC(=O)C(C)=C1NC(=O)NC1c1ccc(C)cc1. The smallest absolute Gasteiger partial charge is 0.319 e. The van der Waals surface area contributed by atoms with Gasteiger partial charge in [0.15, 0.2) is 5.78 Å². The summed E-state index contributed by atoms with van der Waals surface area (Å²) in [5.41, 5.74) is 3.36. The fourth-order valence-corrected chi connectivity index (χ4v) is 1.94. The molecule has 1 fully saturated rings. The van der Waals surface area contributed by atoms with Gasteiger partial charge in [-0.2, -0.15) is 0 Å². The van der Waals surface area contributed by atoms with Crippen LogP contribution < -0.4 is 10.6 Å². The molecule has 1 aromatic rings. The van der Waals surface area contributed by atoms with E-state index in [1.807, 2.05) is 31.2 Å². The van der Waals surface area contributed by atoms with E-state index in [1.165, 1.54) is 6.92 Å². The first kappa shape index (κ1) is 12.4. The third-order valence-corrected chi connectivity index (χ3v) is 3.16. The molecular weight excluding hydrogens is 228 g/mol. The van der Waals surface area contributed by atoms with Crippen LogP contribution in [0.4, 0.5) is 4.79 Å². The third kappa shape index (κ3) is 2.27. The van der Waals surface area contributed by atoms with E-state index < -0.39 is 0 Å². The zero-order valence-corrected chi connectivity index (χ0v) is 10.7. The Morgan fingerprint density at radius 3 is 2.33 bits per heavy atom. The number of aryl methyl sites for hydroxylation is 1. The molecule has 0 spiro atoms. The molecule has 0 saturated carbocycles. The number of nitrogens with one attached hydrogen (secondary N) is 2. The fourth-order valence-electron chi connectivity index (χ4n) is 1.94. The Hall–Kier alpha value is -2.10. The van der Waals surface area contributed by atoms with Crippen LogP contribution in [0.25, 0.3) is 0 Å². The van der Waals surface area contributed by atoms with Crippen molar-refractivity contribution in [2.75, 3.05) is 0 Å². The van der Waals surface area contributed by atoms with Gasteiger partial charge in [0.1, 0.15) is 0 Å². The minimum Gasteiger partial charge on any atom is -0.325 e. The summed E-state index contributed by atoms with van der Waals surface area (Å²) in [7, 11) is 0. The monoisotopic (exact) mass is 244 g/mol. The summed E-state index contributed by atoms with van der Waals surface area (Å²) in [6, 6.07) is 7.36. The molecule has 1 aliphatic rings. The molecule has 0 radical (unpaired) electrons. The standard InChI is InChI=1S/C14H16N2O2/c1-8-4-6-11(7-5-8)13-12(9(2)10(3)17)15-14(18)16-13/h4-7,13H,1-3H3,(H2,15,16,18). The van der Waals surface area contributed by atoms with Crippen LogP contribution in [0, 0.1) is 6.92 Å². The van der Waals surface area contributed by atoms with Gasteiger partial charge >= 0.3 is 6.03 Å². The molecule has 1 aliphatic heterocycles. The van der Waals surface area contributed by atoms with Gasteiger partial charge in [-0.25, -0.2) is 4.79 Å². The lowest BCUT2D eigenvalue weighted by Gasteiger charge is -2.13. The van der Waals surface area contributed by atoms with Crippen molar-refractivity contribution in [3.8, 4) is 0 Å². The van der Waals surface area contributed by atoms with Crippen LogP contribution in [-0.2, 0) is 4.79 Å². The number of urea groups is 1. The van der Waals surface area contributed by atoms with Gasteiger partial charge in [-0.1, -0.05) is 29.8 Å². The van der Waals surface area contributed by atoms with E-state index >= 15 is 0 Å². The number of Topliss-reactive ketones (excluding diaryl/α,β-unsaturated/α-hetero) is 1. The van der Waals surface area contributed by atoms with E-state index in [0.29, 0.717) is 11.3 Å². The third-order valence-electron chi connectivity index (χ3n) is 3.16. The van der Waals surface area contributed by atoms with E-state index in [4.69, 9.17) is 0 Å². The van der Waals surface area contributed by atoms with Gasteiger partial charge in [0.2, 0.25) is 0 Å². The number of carbonyl (C=O) groups excluding carboxylic acids is 2. The Labute approximate surface area is 106 Å². The predicted molar refractivity (Wildman–Crippen MR) is 69.0 cm³/mol. The number of amides is 2. The quantitative estimate of drug-likeness (QED) is 0.784. The lowest BCUT2D eigenvalue weighted by Crippen LogP contribution is -2.21. The van der Waals surface area contributed by atoms with Crippen LogP contribution in [0.3, 0.4) is 0 Å². The number of ketones is 1. The van der Waals surface area contributed by atoms with Crippen molar-refractivity contribution < 1.29 is 9.59 Å². The molecular formula is C14H16N2O2. The van der Waals surface area contributed by atoms with Crippen molar-refractivity contribution in [3.63, 3.8) is 0 Å². The van der Waals surface area contributed by atoms with Gasteiger partial charge in [-0.05, 0) is 26.3 Å². The van der Waals surface area contributed by atoms with Gasteiger partial charge in [-0.3, -0.25) is 4.79 Å². The maximum absolute atomic E-state index is 11.5. The summed E-state index contributed by atoms with van der Waals surface area (Å²) in [6.45, 7) is 5.23. The summed E-state index contributed by atoms with van der Waals surface area (Å²) in [4.78, 5) is 22.9. The van der Waals surface area contributed by atoms with Crippen molar-refractivity contribution in [3.05, 3.63) is 46.7 Å². The molecule has 1 saturated heterocycles. The Kier molecular flexibility index (Phi) is 3.19. The molecule has 1 heterocycles. The molecule has 1 aromatic carbocycles. The number of rotatable bonds is 2. The molecule has 1 unspecified atom stereocenters. The van der Waals surface area contributed by atoms with E-state index in [9.17, 15) is 9.59 Å².